The average Bonchev–Trinajstić information content (AvgIpc) is 3.28. The highest BCUT2D eigenvalue weighted by Crippen LogP contribution is 2.24. The van der Waals surface area contributed by atoms with E-state index in [-0.39, 0.29) is 25.0 Å². The van der Waals surface area contributed by atoms with Crippen LogP contribution in [0.1, 0.15) is 48.5 Å². The van der Waals surface area contributed by atoms with Crippen LogP contribution >= 0.6 is 11.3 Å². The fraction of sp³-hybridized carbons (Fsp3) is 0.417. The van der Waals surface area contributed by atoms with Gasteiger partial charge in [0.2, 0.25) is 5.91 Å². The van der Waals surface area contributed by atoms with Gasteiger partial charge in [0.25, 0.3) is 5.91 Å². The van der Waals surface area contributed by atoms with Crippen LogP contribution in [0.15, 0.2) is 48.0 Å². The van der Waals surface area contributed by atoms with Gasteiger partial charge in [0, 0.05) is 17.2 Å². The number of hydrogen-bond donors (Lipinski definition) is 3. The van der Waals surface area contributed by atoms with Gasteiger partial charge in [-0.15, -0.1) is 11.3 Å². The maximum Gasteiger partial charge on any atom is 0.271 e. The van der Waals surface area contributed by atoms with Gasteiger partial charge in [0.15, 0.2) is 0 Å². The Balaban J connectivity index is 1.76. The molecule has 4 N–H and O–H groups in total. The number of nitrogens with one attached hydrogen (secondary N) is 1. The third kappa shape index (κ3) is 7.30. The molecule has 0 aliphatic carbocycles. The number of hydrogen-bond acceptors (Lipinski definition) is 6. The minimum absolute atomic E-state index is 0.0190. The smallest absolute Gasteiger partial charge is 0.271 e. The molecule has 1 aromatic carbocycles. The number of alkyl halides is 1. The second-order valence-corrected chi connectivity index (χ2v) is 9.80. The molecule has 0 aliphatic rings. The van der Waals surface area contributed by atoms with Gasteiger partial charge < -0.3 is 16.2 Å². The number of carbonyl (C=O) groups is 2. The van der Waals surface area contributed by atoms with Crippen molar-refractivity contribution in [2.75, 3.05) is 0 Å². The molecule has 0 fully saturated rings. The molecular weight excluding hydrogens is 443 g/mol. The van der Waals surface area contributed by atoms with E-state index < -0.39 is 35.5 Å². The summed E-state index contributed by atoms with van der Waals surface area (Å²) in [5, 5.41) is 15.7. The number of nitrogens with zero attached hydrogens (tertiary/aromatic N) is 2. The molecule has 2 amide bonds. The molecule has 0 saturated carbocycles. The van der Waals surface area contributed by atoms with Gasteiger partial charge in [-0.25, -0.2) is 9.37 Å². The summed E-state index contributed by atoms with van der Waals surface area (Å²) in [6.45, 7) is 2.87. The van der Waals surface area contributed by atoms with E-state index in [2.05, 4.69) is 15.3 Å². The molecule has 0 aliphatic heterocycles. The molecule has 3 atom stereocenters. The minimum atomic E-state index is -1.45. The van der Waals surface area contributed by atoms with Crippen LogP contribution < -0.4 is 11.1 Å². The standard InChI is InChI=1S/C24H29FN4O3S/c1-24(2,25)10-9-15(22(26)31)12-21(30)19(13-16-6-5-11-33-16)29-23(32)20-14-27-17-7-3-4-8-18(17)28-20/h3-8,11,14-15,19,21,30H,9-10,12-13H2,1-2H3,(H2,26,31)(H,29,32). The quantitative estimate of drug-likeness (QED) is 0.395. The summed E-state index contributed by atoms with van der Waals surface area (Å²) in [6, 6.07) is 10.3. The molecule has 2 aromatic heterocycles. The van der Waals surface area contributed by atoms with Crippen LogP contribution in [0.3, 0.4) is 0 Å². The predicted octanol–water partition coefficient (Wildman–Crippen LogP) is 3.41. The second-order valence-electron chi connectivity index (χ2n) is 8.77. The summed E-state index contributed by atoms with van der Waals surface area (Å²) in [5.74, 6) is -1.78. The molecule has 0 bridgehead atoms. The van der Waals surface area contributed by atoms with Crippen molar-refractivity contribution in [1.29, 1.82) is 0 Å². The number of benzene rings is 1. The van der Waals surface area contributed by atoms with Gasteiger partial charge in [-0.1, -0.05) is 18.2 Å². The van der Waals surface area contributed by atoms with E-state index in [1.807, 2.05) is 29.6 Å². The fourth-order valence-electron chi connectivity index (χ4n) is 3.59. The number of amides is 2. The summed E-state index contributed by atoms with van der Waals surface area (Å²) in [6.07, 6.45) is 1.07. The SMILES string of the molecule is CC(C)(F)CCC(CC(O)C(Cc1cccs1)NC(=O)c1cnc2ccccc2n1)C(N)=O. The van der Waals surface area contributed by atoms with Crippen molar-refractivity contribution in [3.05, 3.63) is 58.5 Å². The Bertz CT molecular complexity index is 1080. The zero-order valence-corrected chi connectivity index (χ0v) is 19.5. The largest absolute Gasteiger partial charge is 0.391 e. The Morgan fingerprint density at radius 3 is 2.58 bits per heavy atom. The predicted molar refractivity (Wildman–Crippen MR) is 127 cm³/mol. The number of para-hydroxylation sites is 2. The summed E-state index contributed by atoms with van der Waals surface area (Å²) < 4.78 is 13.9. The van der Waals surface area contributed by atoms with Crippen molar-refractivity contribution < 1.29 is 19.1 Å². The Morgan fingerprint density at radius 1 is 1.21 bits per heavy atom. The lowest BCUT2D eigenvalue weighted by Gasteiger charge is -2.27. The number of aromatic nitrogens is 2. The number of aliphatic hydroxyl groups excluding tert-OH is 1. The van der Waals surface area contributed by atoms with Crippen LogP contribution in [0.4, 0.5) is 4.39 Å². The van der Waals surface area contributed by atoms with Crippen molar-refractivity contribution in [2.24, 2.45) is 11.7 Å². The molecule has 0 saturated heterocycles. The highest BCUT2D eigenvalue weighted by molar-refractivity contribution is 7.09. The normalized spacial score (nSPS) is 14.5. The van der Waals surface area contributed by atoms with Crippen molar-refractivity contribution in [2.45, 2.75) is 57.3 Å². The Hall–Kier alpha value is -2.91. The molecule has 0 radical (unpaired) electrons. The molecule has 0 spiro atoms. The van der Waals surface area contributed by atoms with Gasteiger partial charge >= 0.3 is 0 Å². The lowest BCUT2D eigenvalue weighted by molar-refractivity contribution is -0.123. The van der Waals surface area contributed by atoms with E-state index in [4.69, 9.17) is 5.73 Å². The number of aliphatic hydroxyl groups is 1. The first-order valence-corrected chi connectivity index (χ1v) is 11.7. The van der Waals surface area contributed by atoms with Crippen LogP contribution in [-0.4, -0.2) is 44.7 Å². The molecular formula is C24H29FN4O3S. The van der Waals surface area contributed by atoms with Gasteiger partial charge in [0.1, 0.15) is 11.4 Å². The molecule has 3 aromatic rings. The first-order valence-electron chi connectivity index (χ1n) is 10.8. The summed E-state index contributed by atoms with van der Waals surface area (Å²) in [7, 11) is 0. The van der Waals surface area contributed by atoms with Crippen molar-refractivity contribution in [1.82, 2.24) is 15.3 Å². The maximum atomic E-state index is 13.9. The Morgan fingerprint density at radius 2 is 1.94 bits per heavy atom. The van der Waals surface area contributed by atoms with Crippen LogP contribution in [0, 0.1) is 5.92 Å². The van der Waals surface area contributed by atoms with E-state index in [1.54, 1.807) is 12.1 Å². The number of nitrogens with two attached hydrogens (primary N) is 1. The van der Waals surface area contributed by atoms with Crippen LogP contribution in [-0.2, 0) is 11.2 Å². The number of primary amides is 1. The zero-order valence-electron chi connectivity index (χ0n) is 18.7. The number of halogens is 1. The van der Waals surface area contributed by atoms with E-state index in [1.165, 1.54) is 31.4 Å². The lowest BCUT2D eigenvalue weighted by Crippen LogP contribution is -2.46. The van der Waals surface area contributed by atoms with Crippen molar-refractivity contribution in [3.63, 3.8) is 0 Å². The van der Waals surface area contributed by atoms with E-state index in [0.29, 0.717) is 17.5 Å². The maximum absolute atomic E-state index is 13.9. The highest BCUT2D eigenvalue weighted by atomic mass is 32.1. The molecule has 9 heteroatoms. The monoisotopic (exact) mass is 472 g/mol. The zero-order chi connectivity index (χ0) is 24.0. The lowest BCUT2D eigenvalue weighted by atomic mass is 9.88. The summed E-state index contributed by atoms with van der Waals surface area (Å²) >= 11 is 1.50. The minimum Gasteiger partial charge on any atom is -0.391 e. The van der Waals surface area contributed by atoms with Crippen LogP contribution in [0.5, 0.6) is 0 Å². The first-order chi connectivity index (χ1) is 15.6. The highest BCUT2D eigenvalue weighted by Gasteiger charge is 2.29. The van der Waals surface area contributed by atoms with Crippen LogP contribution in [0.2, 0.25) is 0 Å². The van der Waals surface area contributed by atoms with Gasteiger partial charge in [-0.3, -0.25) is 14.6 Å². The third-order valence-electron chi connectivity index (χ3n) is 5.48. The molecule has 176 valence electrons. The third-order valence-corrected chi connectivity index (χ3v) is 6.38. The summed E-state index contributed by atoms with van der Waals surface area (Å²) in [4.78, 5) is 34.5. The van der Waals surface area contributed by atoms with Crippen molar-refractivity contribution in [3.8, 4) is 0 Å². The molecule has 3 unspecified atom stereocenters. The topological polar surface area (TPSA) is 118 Å². The number of fused-ring (bicyclic) bond motifs is 1. The van der Waals surface area contributed by atoms with Gasteiger partial charge in [-0.05, 0) is 56.7 Å². The average molecular weight is 473 g/mol. The first kappa shape index (κ1) is 24.7. The number of rotatable bonds is 11. The number of thiophene rings is 1. The van der Waals surface area contributed by atoms with E-state index in [9.17, 15) is 19.1 Å². The van der Waals surface area contributed by atoms with Gasteiger partial charge in [0.05, 0.1) is 29.4 Å². The van der Waals surface area contributed by atoms with E-state index in [0.717, 1.165) is 4.88 Å². The second kappa shape index (κ2) is 10.8. The fourth-order valence-corrected chi connectivity index (χ4v) is 4.35. The molecule has 3 rings (SSSR count). The number of carbonyl (C=O) groups excluding carboxylic acids is 2. The Kier molecular flexibility index (Phi) is 8.10. The van der Waals surface area contributed by atoms with E-state index >= 15 is 0 Å². The molecule has 33 heavy (non-hydrogen) atoms. The van der Waals surface area contributed by atoms with Crippen molar-refractivity contribution >= 4 is 34.2 Å². The Labute approximate surface area is 196 Å². The molecule has 2 heterocycles. The van der Waals surface area contributed by atoms with Crippen LogP contribution in [0.25, 0.3) is 11.0 Å². The molecule has 7 nitrogen and oxygen atoms in total. The van der Waals surface area contributed by atoms with Gasteiger partial charge in [-0.2, -0.15) is 0 Å². The summed E-state index contributed by atoms with van der Waals surface area (Å²) in [5.41, 5.74) is 5.46.